The van der Waals surface area contributed by atoms with E-state index in [0.717, 1.165) is 6.42 Å². The van der Waals surface area contributed by atoms with Crippen LogP contribution in [0, 0.1) is 12.8 Å². The minimum absolute atomic E-state index is 0.433. The molecule has 0 saturated heterocycles. The van der Waals surface area contributed by atoms with Crippen molar-refractivity contribution >= 4 is 22.7 Å². The average Bonchev–Trinajstić information content (AvgIpc) is 3.11. The molecule has 1 atom stereocenters. The Kier molecular flexibility index (Phi) is 4.04. The molecule has 2 heterocycles. The molecule has 3 aromatic rings. The zero-order valence-electron chi connectivity index (χ0n) is 11.5. The third-order valence-electron chi connectivity index (χ3n) is 3.29. The minimum Gasteiger partial charge on any atom is -0.152 e. The Balaban J connectivity index is 2.08. The molecule has 20 heavy (non-hydrogen) atoms. The van der Waals surface area contributed by atoms with Gasteiger partial charge < -0.3 is 0 Å². The van der Waals surface area contributed by atoms with Gasteiger partial charge in [-0.15, -0.1) is 0 Å². The van der Waals surface area contributed by atoms with Crippen molar-refractivity contribution in [3.8, 4) is 22.3 Å². The fraction of sp³-hybridized carbons (Fsp3) is 0.167. The lowest BCUT2D eigenvalue weighted by Crippen LogP contribution is -1.95. The first-order valence-electron chi connectivity index (χ1n) is 6.74. The number of hydrogen-bond donors (Lipinski definition) is 0. The summed E-state index contributed by atoms with van der Waals surface area (Å²) >= 11 is 3.49. The maximum absolute atomic E-state index is 4.12. The highest BCUT2D eigenvalue weighted by atomic mass is 32.1. The van der Waals surface area contributed by atoms with Gasteiger partial charge in [0.05, 0.1) is 0 Å². The highest BCUT2D eigenvalue weighted by Crippen LogP contribution is 2.31. The Hall–Kier alpha value is -1.38. The molecule has 0 N–H and O–H groups in total. The topological polar surface area (TPSA) is 0 Å². The van der Waals surface area contributed by atoms with E-state index in [0.29, 0.717) is 5.92 Å². The molecule has 0 spiro atoms. The summed E-state index contributed by atoms with van der Waals surface area (Å²) in [6, 6.07) is 11.3. The summed E-state index contributed by atoms with van der Waals surface area (Å²) in [6.45, 7) is 6.29. The Morgan fingerprint density at radius 2 is 1.45 bits per heavy atom. The summed E-state index contributed by atoms with van der Waals surface area (Å²) in [7, 11) is 0. The molecule has 0 aliphatic carbocycles. The molecule has 2 aromatic heterocycles. The normalized spacial score (nSPS) is 11.2. The fourth-order valence-electron chi connectivity index (χ4n) is 2.40. The standard InChI is InChI=1S/C18H17S2/c1-13(2)7-14-8-17(15-3-5-19-11-15)10-18(9-14)16-4-6-20-12-16/h3-6,8-13H,1,7H2,2H3/t13-/m0/s1. The smallest absolute Gasteiger partial charge is 0.00147 e. The third-order valence-corrected chi connectivity index (χ3v) is 4.65. The van der Waals surface area contributed by atoms with Crippen molar-refractivity contribution in [2.45, 2.75) is 13.3 Å². The Morgan fingerprint density at radius 1 is 0.900 bits per heavy atom. The van der Waals surface area contributed by atoms with E-state index in [-0.39, 0.29) is 0 Å². The van der Waals surface area contributed by atoms with Crippen LogP contribution in [-0.2, 0) is 6.42 Å². The zero-order valence-corrected chi connectivity index (χ0v) is 13.1. The van der Waals surface area contributed by atoms with Crippen molar-refractivity contribution in [1.29, 1.82) is 0 Å². The first kappa shape index (κ1) is 13.6. The van der Waals surface area contributed by atoms with E-state index in [2.05, 4.69) is 65.7 Å². The van der Waals surface area contributed by atoms with E-state index in [4.69, 9.17) is 0 Å². The molecule has 0 amide bonds. The van der Waals surface area contributed by atoms with Crippen LogP contribution in [0.1, 0.15) is 12.5 Å². The molecule has 1 radical (unpaired) electrons. The lowest BCUT2D eigenvalue weighted by molar-refractivity contribution is 0.720. The summed E-state index contributed by atoms with van der Waals surface area (Å²) in [4.78, 5) is 0. The lowest BCUT2D eigenvalue weighted by Gasteiger charge is -2.10. The van der Waals surface area contributed by atoms with Gasteiger partial charge in [-0.25, -0.2) is 0 Å². The predicted molar refractivity (Wildman–Crippen MR) is 91.3 cm³/mol. The summed E-state index contributed by atoms with van der Waals surface area (Å²) < 4.78 is 0. The number of thiophene rings is 2. The fourth-order valence-corrected chi connectivity index (χ4v) is 3.73. The van der Waals surface area contributed by atoms with Crippen molar-refractivity contribution in [3.63, 3.8) is 0 Å². The Morgan fingerprint density at radius 3 is 1.85 bits per heavy atom. The summed E-state index contributed by atoms with van der Waals surface area (Å²) in [5, 5.41) is 8.70. The predicted octanol–water partition coefficient (Wildman–Crippen LogP) is 6.16. The molecule has 0 unspecified atom stereocenters. The first-order valence-corrected chi connectivity index (χ1v) is 8.63. The van der Waals surface area contributed by atoms with Gasteiger partial charge in [0.15, 0.2) is 0 Å². The largest absolute Gasteiger partial charge is 0.152 e. The molecule has 0 aliphatic rings. The maximum atomic E-state index is 4.12. The highest BCUT2D eigenvalue weighted by Gasteiger charge is 2.07. The van der Waals surface area contributed by atoms with Crippen LogP contribution in [0.2, 0.25) is 0 Å². The molecule has 2 heteroatoms. The van der Waals surface area contributed by atoms with Gasteiger partial charge in [0.2, 0.25) is 0 Å². The maximum Gasteiger partial charge on any atom is -0.00147 e. The molecule has 0 saturated carbocycles. The van der Waals surface area contributed by atoms with Crippen LogP contribution < -0.4 is 0 Å². The van der Waals surface area contributed by atoms with E-state index in [1.165, 1.54) is 27.8 Å². The van der Waals surface area contributed by atoms with Gasteiger partial charge in [-0.1, -0.05) is 26.0 Å². The molecular weight excluding hydrogens is 280 g/mol. The third kappa shape index (κ3) is 3.02. The van der Waals surface area contributed by atoms with Gasteiger partial charge in [-0.3, -0.25) is 0 Å². The monoisotopic (exact) mass is 297 g/mol. The molecule has 0 bridgehead atoms. The van der Waals surface area contributed by atoms with Crippen molar-refractivity contribution in [1.82, 2.24) is 0 Å². The molecule has 0 aliphatic heterocycles. The second-order valence-electron chi connectivity index (χ2n) is 5.25. The number of hydrogen-bond acceptors (Lipinski definition) is 2. The SMILES string of the molecule is [CH2][C@@H](C)Cc1cc(-c2ccsc2)cc(-c2ccsc2)c1. The van der Waals surface area contributed by atoms with Gasteiger partial charge in [0, 0.05) is 0 Å². The van der Waals surface area contributed by atoms with Gasteiger partial charge >= 0.3 is 0 Å². The van der Waals surface area contributed by atoms with Gasteiger partial charge in [0.1, 0.15) is 0 Å². The Bertz CT molecular complexity index is 609. The summed E-state index contributed by atoms with van der Waals surface area (Å²) in [5.74, 6) is 0.433. The van der Waals surface area contributed by atoms with Crippen molar-refractivity contribution in [2.24, 2.45) is 5.92 Å². The molecule has 0 nitrogen and oxygen atoms in total. The summed E-state index contributed by atoms with van der Waals surface area (Å²) in [6.07, 6.45) is 1.02. The lowest BCUT2D eigenvalue weighted by atomic mass is 9.94. The molecule has 0 fully saturated rings. The van der Waals surface area contributed by atoms with Crippen LogP contribution in [0.3, 0.4) is 0 Å². The van der Waals surface area contributed by atoms with Gasteiger partial charge in [-0.05, 0) is 79.9 Å². The van der Waals surface area contributed by atoms with Crippen LogP contribution in [0.15, 0.2) is 51.9 Å². The van der Waals surface area contributed by atoms with Crippen LogP contribution >= 0.6 is 22.7 Å². The van der Waals surface area contributed by atoms with Crippen molar-refractivity contribution in [3.05, 3.63) is 64.3 Å². The first-order chi connectivity index (χ1) is 9.72. The Labute approximate surface area is 128 Å². The summed E-state index contributed by atoms with van der Waals surface area (Å²) in [5.41, 5.74) is 6.61. The van der Waals surface area contributed by atoms with Crippen LogP contribution in [0.4, 0.5) is 0 Å². The number of rotatable bonds is 4. The second-order valence-corrected chi connectivity index (χ2v) is 6.81. The van der Waals surface area contributed by atoms with E-state index in [1.807, 2.05) is 0 Å². The van der Waals surface area contributed by atoms with Crippen molar-refractivity contribution in [2.75, 3.05) is 0 Å². The van der Waals surface area contributed by atoms with Crippen molar-refractivity contribution < 1.29 is 0 Å². The molecular formula is C18H17S2. The minimum atomic E-state index is 0.433. The zero-order chi connectivity index (χ0) is 13.9. The molecule has 3 rings (SSSR count). The number of benzene rings is 1. The molecule has 101 valence electrons. The van der Waals surface area contributed by atoms with Crippen LogP contribution in [0.25, 0.3) is 22.3 Å². The van der Waals surface area contributed by atoms with Gasteiger partial charge in [0.25, 0.3) is 0 Å². The average molecular weight is 297 g/mol. The second kappa shape index (κ2) is 5.94. The quantitative estimate of drug-likeness (QED) is 0.541. The van der Waals surface area contributed by atoms with E-state index >= 15 is 0 Å². The van der Waals surface area contributed by atoms with E-state index in [1.54, 1.807) is 22.7 Å². The molecule has 1 aromatic carbocycles. The van der Waals surface area contributed by atoms with E-state index < -0.39 is 0 Å². The van der Waals surface area contributed by atoms with Crippen LogP contribution in [0.5, 0.6) is 0 Å². The van der Waals surface area contributed by atoms with Gasteiger partial charge in [-0.2, -0.15) is 22.7 Å². The highest BCUT2D eigenvalue weighted by molar-refractivity contribution is 7.08. The van der Waals surface area contributed by atoms with E-state index in [9.17, 15) is 0 Å². The van der Waals surface area contributed by atoms with Crippen LogP contribution in [-0.4, -0.2) is 0 Å².